The van der Waals surface area contributed by atoms with E-state index in [2.05, 4.69) is 0 Å². The summed E-state index contributed by atoms with van der Waals surface area (Å²) in [5, 5.41) is 15.3. The second kappa shape index (κ2) is 6.96. The third kappa shape index (κ3) is 3.01. The van der Waals surface area contributed by atoms with Crippen molar-refractivity contribution in [1.29, 1.82) is 0 Å². The average Bonchev–Trinajstić information content (AvgIpc) is 2.99. The molecule has 1 aromatic heterocycles. The average molecular weight is 355 g/mol. The Hall–Kier alpha value is -2.60. The molecule has 26 heavy (non-hydrogen) atoms. The number of aliphatic hydroxyl groups is 1. The monoisotopic (exact) mass is 355 g/mol. The van der Waals surface area contributed by atoms with Crippen LogP contribution in [0, 0.1) is 6.92 Å². The van der Waals surface area contributed by atoms with Gasteiger partial charge in [0.05, 0.1) is 29.1 Å². The highest BCUT2D eigenvalue weighted by Crippen LogP contribution is 2.40. The first-order valence-electron chi connectivity index (χ1n) is 8.85. The molecule has 0 saturated carbocycles. The molecule has 0 radical (unpaired) electrons. The molecular formula is C20H25N3O3. The lowest BCUT2D eigenvalue weighted by atomic mass is 9.96. The van der Waals surface area contributed by atoms with Gasteiger partial charge in [-0.3, -0.25) is 0 Å². The van der Waals surface area contributed by atoms with Crippen molar-refractivity contribution in [2.75, 3.05) is 18.6 Å². The van der Waals surface area contributed by atoms with Crippen molar-refractivity contribution in [3.05, 3.63) is 47.2 Å². The number of carbonyl (C=O) groups is 1. The molecule has 0 saturated heterocycles. The van der Waals surface area contributed by atoms with Crippen LogP contribution >= 0.6 is 0 Å². The molecule has 0 aliphatic carbocycles. The summed E-state index contributed by atoms with van der Waals surface area (Å²) in [6, 6.07) is 7.98. The van der Waals surface area contributed by atoms with Crippen molar-refractivity contribution in [3.63, 3.8) is 0 Å². The van der Waals surface area contributed by atoms with Crippen LogP contribution in [0.1, 0.15) is 43.5 Å². The van der Waals surface area contributed by atoms with Crippen LogP contribution in [0.2, 0.25) is 0 Å². The number of benzene rings is 1. The Labute approximate surface area is 153 Å². The number of fused-ring (bicyclic) bond motifs is 1. The number of hydrogen-bond donors (Lipinski definition) is 1. The molecule has 6 heteroatoms. The van der Waals surface area contributed by atoms with Gasteiger partial charge in [0.25, 0.3) is 0 Å². The molecule has 1 aromatic carbocycles. The number of anilines is 1. The largest absolute Gasteiger partial charge is 0.462 e. The fourth-order valence-electron chi connectivity index (χ4n) is 3.20. The van der Waals surface area contributed by atoms with Crippen molar-refractivity contribution in [2.45, 2.75) is 39.8 Å². The Morgan fingerprint density at radius 3 is 2.73 bits per heavy atom. The van der Waals surface area contributed by atoms with Crippen LogP contribution in [0.15, 0.2) is 30.3 Å². The van der Waals surface area contributed by atoms with Crippen LogP contribution in [0.25, 0.3) is 11.3 Å². The van der Waals surface area contributed by atoms with Gasteiger partial charge in [-0.15, -0.1) is 0 Å². The normalized spacial score (nSPS) is 16.5. The summed E-state index contributed by atoms with van der Waals surface area (Å²) in [6.07, 6.45) is 0.608. The first kappa shape index (κ1) is 18.2. The van der Waals surface area contributed by atoms with Crippen molar-refractivity contribution >= 4 is 17.4 Å². The molecule has 1 N–H and O–H groups in total. The van der Waals surface area contributed by atoms with E-state index in [0.717, 1.165) is 22.5 Å². The molecule has 0 spiro atoms. The molecule has 3 rings (SSSR count). The second-order valence-corrected chi connectivity index (χ2v) is 6.81. The molecular weight excluding hydrogens is 330 g/mol. The molecule has 0 fully saturated rings. The number of rotatable bonds is 4. The SMILES string of the molecule is CCOC(=O)C1=CC(O)N(C)c2c1c(C(C)C)nn2-c1cccc(C)c1. The molecule has 1 aliphatic rings. The minimum atomic E-state index is -0.929. The zero-order valence-electron chi connectivity index (χ0n) is 15.9. The van der Waals surface area contributed by atoms with E-state index in [0.29, 0.717) is 11.4 Å². The smallest absolute Gasteiger partial charge is 0.338 e. The van der Waals surface area contributed by atoms with Crippen LogP contribution in [-0.2, 0) is 9.53 Å². The van der Waals surface area contributed by atoms with Gasteiger partial charge < -0.3 is 14.7 Å². The number of aryl methyl sites for hydroxylation is 1. The number of aliphatic hydroxyl groups excluding tert-OH is 1. The molecule has 1 unspecified atom stereocenters. The fourth-order valence-corrected chi connectivity index (χ4v) is 3.20. The lowest BCUT2D eigenvalue weighted by Gasteiger charge is -2.30. The number of carbonyl (C=O) groups excluding carboxylic acids is 1. The maximum absolute atomic E-state index is 12.5. The van der Waals surface area contributed by atoms with E-state index in [-0.39, 0.29) is 12.5 Å². The van der Waals surface area contributed by atoms with E-state index in [1.807, 2.05) is 45.0 Å². The first-order valence-corrected chi connectivity index (χ1v) is 8.85. The van der Waals surface area contributed by atoms with E-state index >= 15 is 0 Å². The van der Waals surface area contributed by atoms with Gasteiger partial charge in [0.15, 0.2) is 0 Å². The summed E-state index contributed by atoms with van der Waals surface area (Å²) in [5.41, 5.74) is 3.90. The predicted octanol–water partition coefficient (Wildman–Crippen LogP) is 3.02. The number of aromatic nitrogens is 2. The van der Waals surface area contributed by atoms with Crippen molar-refractivity contribution in [2.24, 2.45) is 0 Å². The van der Waals surface area contributed by atoms with Gasteiger partial charge in [-0.2, -0.15) is 5.10 Å². The number of hydrogen-bond acceptors (Lipinski definition) is 5. The zero-order valence-corrected chi connectivity index (χ0v) is 15.9. The number of likely N-dealkylation sites (N-methyl/N-ethyl adjacent to an activating group) is 1. The van der Waals surface area contributed by atoms with Crippen LogP contribution in [0.4, 0.5) is 5.82 Å². The van der Waals surface area contributed by atoms with Gasteiger partial charge in [0, 0.05) is 7.05 Å². The minimum Gasteiger partial charge on any atom is -0.462 e. The van der Waals surface area contributed by atoms with E-state index < -0.39 is 12.2 Å². The summed E-state index contributed by atoms with van der Waals surface area (Å²) in [4.78, 5) is 14.3. The lowest BCUT2D eigenvalue weighted by Crippen LogP contribution is -2.35. The lowest BCUT2D eigenvalue weighted by molar-refractivity contribution is -0.136. The summed E-state index contributed by atoms with van der Waals surface area (Å²) in [7, 11) is 1.79. The Kier molecular flexibility index (Phi) is 4.87. The number of nitrogens with zero attached hydrogens (tertiary/aromatic N) is 3. The molecule has 0 amide bonds. The van der Waals surface area contributed by atoms with E-state index in [1.54, 1.807) is 23.6 Å². The maximum atomic E-state index is 12.5. The van der Waals surface area contributed by atoms with E-state index in [1.165, 1.54) is 6.08 Å². The van der Waals surface area contributed by atoms with Crippen LogP contribution < -0.4 is 4.90 Å². The summed E-state index contributed by atoms with van der Waals surface area (Å²) >= 11 is 0. The highest BCUT2D eigenvalue weighted by Gasteiger charge is 2.35. The van der Waals surface area contributed by atoms with Crippen LogP contribution in [-0.4, -0.2) is 40.7 Å². The minimum absolute atomic E-state index is 0.108. The number of esters is 1. The Morgan fingerprint density at radius 1 is 1.38 bits per heavy atom. The Bertz CT molecular complexity index is 867. The Morgan fingerprint density at radius 2 is 2.12 bits per heavy atom. The van der Waals surface area contributed by atoms with Gasteiger partial charge in [-0.05, 0) is 43.5 Å². The standard InChI is InChI=1S/C20H25N3O3/c1-6-26-20(25)15-11-16(24)22(5)19-17(15)18(12(2)3)21-23(19)14-9-7-8-13(4)10-14/h7-12,16,24H,6H2,1-5H3. The fraction of sp³-hybridized carbons (Fsp3) is 0.400. The molecule has 6 nitrogen and oxygen atoms in total. The van der Waals surface area contributed by atoms with Crippen molar-refractivity contribution in [3.8, 4) is 5.69 Å². The molecule has 1 aliphatic heterocycles. The maximum Gasteiger partial charge on any atom is 0.338 e. The van der Waals surface area contributed by atoms with Gasteiger partial charge in [0.2, 0.25) is 0 Å². The van der Waals surface area contributed by atoms with E-state index in [9.17, 15) is 9.90 Å². The molecule has 2 heterocycles. The third-order valence-corrected chi connectivity index (χ3v) is 4.49. The first-order chi connectivity index (χ1) is 12.3. The van der Waals surface area contributed by atoms with E-state index in [4.69, 9.17) is 9.84 Å². The van der Waals surface area contributed by atoms with Crippen LogP contribution in [0.3, 0.4) is 0 Å². The quantitative estimate of drug-likeness (QED) is 0.854. The Balaban J connectivity index is 2.28. The van der Waals surface area contributed by atoms with Gasteiger partial charge in [-0.1, -0.05) is 26.0 Å². The highest BCUT2D eigenvalue weighted by molar-refractivity contribution is 6.19. The van der Waals surface area contributed by atoms with Gasteiger partial charge in [0.1, 0.15) is 12.0 Å². The third-order valence-electron chi connectivity index (χ3n) is 4.49. The van der Waals surface area contributed by atoms with Gasteiger partial charge >= 0.3 is 5.97 Å². The van der Waals surface area contributed by atoms with Crippen molar-refractivity contribution < 1.29 is 14.6 Å². The summed E-state index contributed by atoms with van der Waals surface area (Å²) in [6.45, 7) is 8.14. The summed E-state index contributed by atoms with van der Waals surface area (Å²) in [5.74, 6) is 0.361. The summed E-state index contributed by atoms with van der Waals surface area (Å²) < 4.78 is 7.02. The highest BCUT2D eigenvalue weighted by atomic mass is 16.5. The van der Waals surface area contributed by atoms with Crippen LogP contribution in [0.5, 0.6) is 0 Å². The number of ether oxygens (including phenoxy) is 1. The second-order valence-electron chi connectivity index (χ2n) is 6.81. The molecule has 2 aromatic rings. The topological polar surface area (TPSA) is 67.6 Å². The molecule has 1 atom stereocenters. The zero-order chi connectivity index (χ0) is 19.0. The predicted molar refractivity (Wildman–Crippen MR) is 101 cm³/mol. The van der Waals surface area contributed by atoms with Gasteiger partial charge in [-0.25, -0.2) is 9.48 Å². The molecule has 138 valence electrons. The van der Waals surface area contributed by atoms with Crippen molar-refractivity contribution in [1.82, 2.24) is 9.78 Å². The molecule has 0 bridgehead atoms.